The van der Waals surface area contributed by atoms with E-state index in [0.717, 1.165) is 12.7 Å². The van der Waals surface area contributed by atoms with E-state index in [0.29, 0.717) is 12.3 Å². The van der Waals surface area contributed by atoms with Gasteiger partial charge in [0.25, 0.3) is 0 Å². The number of aldehydes is 1. The van der Waals surface area contributed by atoms with Crippen molar-refractivity contribution in [2.24, 2.45) is 11.8 Å². The Kier molecular flexibility index (Phi) is 6.18. The summed E-state index contributed by atoms with van der Waals surface area (Å²) in [5, 5.41) is 2.84. The van der Waals surface area contributed by atoms with E-state index in [4.69, 9.17) is 0 Å². The molecule has 0 aromatic heterocycles. The first-order valence-corrected chi connectivity index (χ1v) is 4.43. The van der Waals surface area contributed by atoms with Crippen LogP contribution in [0.1, 0.15) is 29.5 Å². The Bertz CT molecular complexity index is 205. The summed E-state index contributed by atoms with van der Waals surface area (Å²) in [5.41, 5.74) is 0. The molecule has 1 aliphatic heterocycles. The zero-order valence-electron chi connectivity index (χ0n) is 10.2. The van der Waals surface area contributed by atoms with E-state index in [2.05, 4.69) is 19.2 Å². The Morgan fingerprint density at radius 2 is 2.38 bits per heavy atom. The average Bonchev–Trinajstić information content (AvgIpc) is 2.45. The summed E-state index contributed by atoms with van der Waals surface area (Å²) in [6.45, 7) is 4.13. The van der Waals surface area contributed by atoms with Crippen LogP contribution in [0.2, 0.25) is 0 Å². The molecule has 0 aromatic rings. The fraction of sp³-hybridized carbons (Fsp3) is 0.778. The molecule has 3 unspecified atom stereocenters. The van der Waals surface area contributed by atoms with Crippen molar-refractivity contribution in [3.8, 4) is 0 Å². The van der Waals surface area contributed by atoms with Gasteiger partial charge in [-0.1, -0.05) is 20.3 Å². The zero-order chi connectivity index (χ0) is 9.14. The molecule has 4 heteroatoms. The van der Waals surface area contributed by atoms with Gasteiger partial charge in [-0.3, -0.25) is 4.79 Å². The first kappa shape index (κ1) is 13.4. The summed E-state index contributed by atoms with van der Waals surface area (Å²) in [6, 6.07) is 0.0694. The molecule has 1 N–H and O–H groups in total. The van der Waals surface area contributed by atoms with Crippen LogP contribution in [-0.2, 0) is 9.59 Å². The van der Waals surface area contributed by atoms with E-state index in [1.165, 1.54) is 0 Å². The van der Waals surface area contributed by atoms with Crippen molar-refractivity contribution in [1.82, 2.24) is 5.32 Å². The van der Waals surface area contributed by atoms with Gasteiger partial charge in [0.1, 0.15) is 6.29 Å². The number of hydrogen-bond donors (Lipinski definition) is 1. The van der Waals surface area contributed by atoms with Gasteiger partial charge < -0.3 is 13.0 Å². The SMILES string of the molecule is CCC(C)C1NC(=O)CC1C=O.[Ca+2].[H-].[H-]. The van der Waals surface area contributed by atoms with Crippen LogP contribution < -0.4 is 5.32 Å². The average molecular weight is 211 g/mol. The molecular formula is C9H17CaNO2. The van der Waals surface area contributed by atoms with Crippen LogP contribution in [0.25, 0.3) is 0 Å². The molecule has 13 heavy (non-hydrogen) atoms. The quantitative estimate of drug-likeness (QED) is 0.548. The molecule has 0 bridgehead atoms. The molecule has 1 aliphatic rings. The van der Waals surface area contributed by atoms with Gasteiger partial charge in [0.05, 0.1) is 0 Å². The van der Waals surface area contributed by atoms with Gasteiger partial charge in [0.2, 0.25) is 5.91 Å². The van der Waals surface area contributed by atoms with E-state index in [1.54, 1.807) is 0 Å². The predicted molar refractivity (Wildman–Crippen MR) is 53.5 cm³/mol. The molecule has 3 nitrogen and oxygen atoms in total. The van der Waals surface area contributed by atoms with Crippen LogP contribution in [0.3, 0.4) is 0 Å². The summed E-state index contributed by atoms with van der Waals surface area (Å²) in [7, 11) is 0. The second kappa shape index (κ2) is 5.99. The largest absolute Gasteiger partial charge is 2.00 e. The molecule has 0 aromatic carbocycles. The van der Waals surface area contributed by atoms with Gasteiger partial charge in [0.15, 0.2) is 0 Å². The zero-order valence-corrected chi connectivity index (χ0v) is 10.5. The number of rotatable bonds is 3. The van der Waals surface area contributed by atoms with Crippen LogP contribution in [0, 0.1) is 11.8 Å². The number of nitrogens with one attached hydrogen (secondary N) is 1. The second-order valence-electron chi connectivity index (χ2n) is 3.48. The molecule has 1 saturated heterocycles. The number of carbonyl (C=O) groups excluding carboxylic acids is 2. The number of hydrogen-bond acceptors (Lipinski definition) is 2. The minimum Gasteiger partial charge on any atom is -1.00 e. The maximum absolute atomic E-state index is 11.0. The van der Waals surface area contributed by atoms with Gasteiger partial charge in [0, 0.05) is 18.4 Å². The first-order chi connectivity index (χ1) is 5.69. The summed E-state index contributed by atoms with van der Waals surface area (Å²) in [5.74, 6) is 0.302. The van der Waals surface area contributed by atoms with Crippen molar-refractivity contribution in [2.45, 2.75) is 32.7 Å². The predicted octanol–water partition coefficient (Wildman–Crippen LogP) is 0.580. The van der Waals surface area contributed by atoms with Crippen LogP contribution >= 0.6 is 0 Å². The molecule has 1 amide bonds. The van der Waals surface area contributed by atoms with Crippen LogP contribution in [0.5, 0.6) is 0 Å². The molecule has 1 fully saturated rings. The number of carbonyl (C=O) groups is 2. The minimum atomic E-state index is -0.104. The Morgan fingerprint density at radius 3 is 2.85 bits per heavy atom. The van der Waals surface area contributed by atoms with Gasteiger partial charge in [-0.05, 0) is 5.92 Å². The van der Waals surface area contributed by atoms with Gasteiger partial charge in [-0.25, -0.2) is 0 Å². The molecule has 0 spiro atoms. The third kappa shape index (κ3) is 3.22. The van der Waals surface area contributed by atoms with Crippen LogP contribution in [-0.4, -0.2) is 56.0 Å². The molecule has 1 rings (SSSR count). The van der Waals surface area contributed by atoms with E-state index >= 15 is 0 Å². The Balaban J connectivity index is -0.000000480. The second-order valence-corrected chi connectivity index (χ2v) is 3.48. The molecule has 3 atom stereocenters. The third-order valence-electron chi connectivity index (χ3n) is 2.64. The summed E-state index contributed by atoms with van der Waals surface area (Å²) in [6.07, 6.45) is 2.27. The molecule has 1 heterocycles. The van der Waals surface area contributed by atoms with Crippen molar-refractivity contribution < 1.29 is 12.4 Å². The van der Waals surface area contributed by atoms with Gasteiger partial charge in [-0.15, -0.1) is 0 Å². The van der Waals surface area contributed by atoms with E-state index < -0.39 is 0 Å². The first-order valence-electron chi connectivity index (χ1n) is 4.43. The van der Waals surface area contributed by atoms with E-state index in [-0.39, 0.29) is 58.5 Å². The molecular weight excluding hydrogens is 194 g/mol. The van der Waals surface area contributed by atoms with Crippen molar-refractivity contribution in [3.63, 3.8) is 0 Å². The van der Waals surface area contributed by atoms with Gasteiger partial charge in [-0.2, -0.15) is 0 Å². The van der Waals surface area contributed by atoms with Gasteiger partial charge >= 0.3 is 37.7 Å². The molecule has 0 saturated carbocycles. The number of amides is 1. The fourth-order valence-electron chi connectivity index (χ4n) is 1.64. The third-order valence-corrected chi connectivity index (χ3v) is 2.64. The van der Waals surface area contributed by atoms with E-state index in [1.807, 2.05) is 0 Å². The Labute approximate surface area is 112 Å². The fourth-order valence-corrected chi connectivity index (χ4v) is 1.64. The monoisotopic (exact) mass is 211 g/mol. The standard InChI is InChI=1S/C9H15NO2.Ca.2H/c1-3-6(2)9-7(5-11)4-8(12)10-9;;;/h5-7,9H,3-4H2,1-2H3,(H,10,12);;;/q;+2;2*-1. The summed E-state index contributed by atoms with van der Waals surface area (Å²) >= 11 is 0. The van der Waals surface area contributed by atoms with Crippen molar-refractivity contribution in [1.29, 1.82) is 0 Å². The molecule has 0 radical (unpaired) electrons. The Hall–Kier alpha value is 0.400. The topological polar surface area (TPSA) is 46.2 Å². The molecule has 0 aliphatic carbocycles. The summed E-state index contributed by atoms with van der Waals surface area (Å²) < 4.78 is 0. The normalized spacial score (nSPS) is 28.9. The van der Waals surface area contributed by atoms with Crippen molar-refractivity contribution >= 4 is 49.9 Å². The summed E-state index contributed by atoms with van der Waals surface area (Å²) in [4.78, 5) is 21.6. The minimum absolute atomic E-state index is 0. The van der Waals surface area contributed by atoms with E-state index in [9.17, 15) is 9.59 Å². The van der Waals surface area contributed by atoms with Crippen LogP contribution in [0.4, 0.5) is 0 Å². The smallest absolute Gasteiger partial charge is 1.00 e. The maximum atomic E-state index is 11.0. The van der Waals surface area contributed by atoms with Crippen molar-refractivity contribution in [3.05, 3.63) is 0 Å². The van der Waals surface area contributed by atoms with Crippen molar-refractivity contribution in [2.75, 3.05) is 0 Å². The maximum Gasteiger partial charge on any atom is 2.00 e. The molecule has 72 valence electrons. The van der Waals surface area contributed by atoms with Crippen LogP contribution in [0.15, 0.2) is 0 Å². The Morgan fingerprint density at radius 1 is 1.77 bits per heavy atom.